The largest absolute Gasteiger partial charge is 0.303 e. The van der Waals surface area contributed by atoms with E-state index >= 15 is 0 Å². The summed E-state index contributed by atoms with van der Waals surface area (Å²) >= 11 is 0. The van der Waals surface area contributed by atoms with Crippen LogP contribution in [0.4, 0.5) is 0 Å². The molecule has 0 amide bonds. The van der Waals surface area contributed by atoms with Gasteiger partial charge in [0.05, 0.1) is 4.90 Å². The zero-order valence-electron chi connectivity index (χ0n) is 20.1. The molecule has 0 unspecified atom stereocenters. The average Bonchev–Trinajstić information content (AvgIpc) is 2.88. The number of benzene rings is 2. The lowest BCUT2D eigenvalue weighted by Crippen LogP contribution is -2.39. The molecule has 0 N–H and O–H groups in total. The van der Waals surface area contributed by atoms with Gasteiger partial charge in [0.15, 0.2) is 0 Å². The number of rotatable bonds is 9. The highest BCUT2D eigenvalue weighted by Gasteiger charge is 2.30. The summed E-state index contributed by atoms with van der Waals surface area (Å²) in [5.74, 6) is 1.76. The molecule has 180 valence electrons. The summed E-state index contributed by atoms with van der Waals surface area (Å²) in [7, 11) is -1.67. The number of piperidine rings is 1. The third-order valence-corrected chi connectivity index (χ3v) is 9.77. The van der Waals surface area contributed by atoms with E-state index in [2.05, 4.69) is 35.2 Å². The molecular weight excluding hydrogens is 428 g/mol. The quantitative estimate of drug-likeness (QED) is 0.469. The highest BCUT2D eigenvalue weighted by Crippen LogP contribution is 2.34. The first kappa shape index (κ1) is 24.4. The topological polar surface area (TPSA) is 40.6 Å². The van der Waals surface area contributed by atoms with Crippen molar-refractivity contribution in [1.82, 2.24) is 9.21 Å². The normalized spacial score (nSPS) is 20.2. The minimum Gasteiger partial charge on any atom is -0.303 e. The third kappa shape index (κ3) is 6.46. The van der Waals surface area contributed by atoms with Crippen LogP contribution in [0.15, 0.2) is 65.6 Å². The monoisotopic (exact) mass is 468 g/mol. The highest BCUT2D eigenvalue weighted by atomic mass is 32.2. The van der Waals surface area contributed by atoms with Crippen molar-refractivity contribution < 1.29 is 8.42 Å². The lowest BCUT2D eigenvalue weighted by atomic mass is 9.78. The minimum absolute atomic E-state index is 0.401. The Hall–Kier alpha value is -1.69. The molecule has 4 nitrogen and oxygen atoms in total. The Labute approximate surface area is 201 Å². The maximum atomic E-state index is 13.1. The zero-order chi connectivity index (χ0) is 23.1. The van der Waals surface area contributed by atoms with E-state index in [1.807, 2.05) is 6.07 Å². The first-order chi connectivity index (χ1) is 16.0. The van der Waals surface area contributed by atoms with Gasteiger partial charge in [-0.3, -0.25) is 0 Å². The van der Waals surface area contributed by atoms with Gasteiger partial charge in [0.25, 0.3) is 0 Å². The van der Waals surface area contributed by atoms with Crippen LogP contribution in [-0.4, -0.2) is 50.8 Å². The van der Waals surface area contributed by atoms with Gasteiger partial charge in [0.1, 0.15) is 0 Å². The molecule has 4 rings (SSSR count). The second-order valence-electron chi connectivity index (χ2n) is 10.1. The van der Waals surface area contributed by atoms with Crippen molar-refractivity contribution >= 4 is 10.0 Å². The van der Waals surface area contributed by atoms with E-state index in [0.29, 0.717) is 29.2 Å². The van der Waals surface area contributed by atoms with Gasteiger partial charge in [-0.2, -0.15) is 0 Å². The Morgan fingerprint density at radius 3 is 2.12 bits per heavy atom. The predicted octanol–water partition coefficient (Wildman–Crippen LogP) is 5.77. The molecule has 0 aromatic heterocycles. The highest BCUT2D eigenvalue weighted by molar-refractivity contribution is 7.89. The Balaban J connectivity index is 1.35. The van der Waals surface area contributed by atoms with Gasteiger partial charge in [-0.25, -0.2) is 12.7 Å². The van der Waals surface area contributed by atoms with E-state index in [0.717, 1.165) is 26.1 Å². The van der Waals surface area contributed by atoms with E-state index in [1.165, 1.54) is 50.5 Å². The van der Waals surface area contributed by atoms with Crippen molar-refractivity contribution in [3.8, 4) is 0 Å². The number of nitrogens with zero attached hydrogens (tertiary/aromatic N) is 2. The molecule has 2 aliphatic rings. The fraction of sp³-hybridized carbons (Fsp3) is 0.571. The zero-order valence-corrected chi connectivity index (χ0v) is 20.9. The summed E-state index contributed by atoms with van der Waals surface area (Å²) in [6.07, 6.45) is 9.95. The van der Waals surface area contributed by atoms with Crippen molar-refractivity contribution in [3.63, 3.8) is 0 Å². The first-order valence-electron chi connectivity index (χ1n) is 12.8. The number of likely N-dealkylation sites (tertiary alicyclic amines) is 1. The molecule has 1 saturated carbocycles. The summed E-state index contributed by atoms with van der Waals surface area (Å²) in [6.45, 7) is 4.01. The molecule has 33 heavy (non-hydrogen) atoms. The van der Waals surface area contributed by atoms with E-state index in [9.17, 15) is 8.42 Å². The van der Waals surface area contributed by atoms with E-state index < -0.39 is 10.0 Å². The molecule has 0 radical (unpaired) electrons. The van der Waals surface area contributed by atoms with Crippen molar-refractivity contribution in [2.75, 3.05) is 33.2 Å². The van der Waals surface area contributed by atoms with Crippen molar-refractivity contribution in [1.29, 1.82) is 0 Å². The van der Waals surface area contributed by atoms with Crippen LogP contribution >= 0.6 is 0 Å². The van der Waals surface area contributed by atoms with Crippen molar-refractivity contribution in [3.05, 3.63) is 66.2 Å². The molecule has 0 spiro atoms. The van der Waals surface area contributed by atoms with Crippen LogP contribution in [0.1, 0.15) is 62.8 Å². The molecule has 1 aliphatic carbocycles. The third-order valence-electron chi connectivity index (χ3n) is 7.93. The van der Waals surface area contributed by atoms with Gasteiger partial charge in [-0.1, -0.05) is 80.6 Å². The summed E-state index contributed by atoms with van der Waals surface area (Å²) in [5, 5.41) is 0. The van der Waals surface area contributed by atoms with Gasteiger partial charge >= 0.3 is 0 Å². The van der Waals surface area contributed by atoms with Gasteiger partial charge in [-0.05, 0) is 74.3 Å². The SMILES string of the molecule is CN(C[C@@H](CCN1CCC(c2ccccc2)CC1)C1CCCCC1)S(=O)(=O)c1ccccc1. The molecule has 1 aliphatic heterocycles. The van der Waals surface area contributed by atoms with Crippen LogP contribution in [0, 0.1) is 11.8 Å². The van der Waals surface area contributed by atoms with Crippen LogP contribution in [-0.2, 0) is 10.0 Å². The molecule has 1 atom stereocenters. The average molecular weight is 469 g/mol. The number of hydrogen-bond donors (Lipinski definition) is 0. The number of sulfonamides is 1. The van der Waals surface area contributed by atoms with E-state index in [1.54, 1.807) is 35.6 Å². The predicted molar refractivity (Wildman–Crippen MR) is 136 cm³/mol. The fourth-order valence-electron chi connectivity index (χ4n) is 5.85. The Morgan fingerprint density at radius 1 is 0.879 bits per heavy atom. The standard InChI is InChI=1S/C28H40N2O2S/c1-29(33(31,32)28-15-9-4-10-16-28)23-27(25-13-7-3-8-14-25)19-22-30-20-17-26(18-21-30)24-11-5-2-6-12-24/h2,4-6,9-12,15-16,25-27H,3,7-8,13-14,17-23H2,1H3/t27-/m1/s1. The molecule has 0 bridgehead atoms. The molecular formula is C28H40N2O2S. The molecule has 1 heterocycles. The first-order valence-corrected chi connectivity index (χ1v) is 14.3. The Morgan fingerprint density at radius 2 is 1.48 bits per heavy atom. The maximum Gasteiger partial charge on any atom is 0.242 e. The molecule has 2 aromatic carbocycles. The van der Waals surface area contributed by atoms with Crippen molar-refractivity contribution in [2.24, 2.45) is 11.8 Å². The van der Waals surface area contributed by atoms with Crippen LogP contribution in [0.5, 0.6) is 0 Å². The molecule has 5 heteroatoms. The molecule has 2 aromatic rings. The maximum absolute atomic E-state index is 13.1. The summed E-state index contributed by atoms with van der Waals surface area (Å²) in [6, 6.07) is 19.8. The second kappa shape index (κ2) is 11.6. The van der Waals surface area contributed by atoms with Gasteiger partial charge in [0.2, 0.25) is 10.0 Å². The van der Waals surface area contributed by atoms with E-state index in [-0.39, 0.29) is 0 Å². The number of hydrogen-bond acceptors (Lipinski definition) is 3. The van der Waals surface area contributed by atoms with Crippen molar-refractivity contribution in [2.45, 2.75) is 62.2 Å². The smallest absolute Gasteiger partial charge is 0.242 e. The second-order valence-corrected chi connectivity index (χ2v) is 12.1. The van der Waals surface area contributed by atoms with Gasteiger partial charge < -0.3 is 4.90 Å². The lowest BCUT2D eigenvalue weighted by molar-refractivity contribution is 0.158. The Bertz CT molecular complexity index is 934. The van der Waals surface area contributed by atoms with Gasteiger partial charge in [-0.15, -0.1) is 0 Å². The van der Waals surface area contributed by atoms with Crippen LogP contribution in [0.3, 0.4) is 0 Å². The van der Waals surface area contributed by atoms with Crippen LogP contribution < -0.4 is 0 Å². The fourth-order valence-corrected chi connectivity index (χ4v) is 7.09. The Kier molecular flexibility index (Phi) is 8.61. The van der Waals surface area contributed by atoms with E-state index in [4.69, 9.17) is 0 Å². The van der Waals surface area contributed by atoms with Crippen LogP contribution in [0.2, 0.25) is 0 Å². The summed E-state index contributed by atoms with van der Waals surface area (Å²) in [5.41, 5.74) is 1.48. The minimum atomic E-state index is -3.43. The summed E-state index contributed by atoms with van der Waals surface area (Å²) < 4.78 is 27.9. The molecule has 2 fully saturated rings. The van der Waals surface area contributed by atoms with Crippen LogP contribution in [0.25, 0.3) is 0 Å². The summed E-state index contributed by atoms with van der Waals surface area (Å²) in [4.78, 5) is 3.01. The lowest BCUT2D eigenvalue weighted by Gasteiger charge is -2.36. The molecule has 1 saturated heterocycles. The van der Waals surface area contributed by atoms with Gasteiger partial charge in [0, 0.05) is 13.6 Å².